The highest BCUT2D eigenvalue weighted by molar-refractivity contribution is 6.21. The van der Waals surface area contributed by atoms with Crippen LogP contribution in [0.2, 0.25) is 0 Å². The first-order valence-electron chi connectivity index (χ1n) is 12.2. The van der Waals surface area contributed by atoms with E-state index in [0.29, 0.717) is 24.2 Å². The van der Waals surface area contributed by atoms with E-state index in [1.165, 1.54) is 27.2 Å². The van der Waals surface area contributed by atoms with Gasteiger partial charge in [-0.05, 0) is 71.5 Å². The maximum atomic E-state index is 13.0. The molecular formula is C28H22N2O6. The van der Waals surface area contributed by atoms with Crippen LogP contribution in [-0.4, -0.2) is 48.3 Å². The Labute approximate surface area is 206 Å². The topological polar surface area (TPSA) is 77.5 Å². The number of imide groups is 1. The number of nitrogens with zero attached hydrogens (tertiary/aromatic N) is 2. The first kappa shape index (κ1) is 20.2. The Morgan fingerprint density at radius 3 is 1.64 bits per heavy atom. The minimum atomic E-state index is -0.217. The Balaban J connectivity index is 1.17. The second-order valence-corrected chi connectivity index (χ2v) is 9.79. The number of ether oxygens (including phenoxy) is 4. The molecule has 0 saturated carbocycles. The number of fused-ring (bicyclic) bond motifs is 9. The zero-order valence-corrected chi connectivity index (χ0v) is 19.4. The number of hydrogen-bond donors (Lipinski definition) is 0. The highest BCUT2D eigenvalue weighted by atomic mass is 16.7. The Morgan fingerprint density at radius 1 is 0.667 bits per heavy atom. The van der Waals surface area contributed by atoms with Crippen LogP contribution in [0, 0.1) is 0 Å². The van der Waals surface area contributed by atoms with Crippen LogP contribution < -0.4 is 18.9 Å². The van der Waals surface area contributed by atoms with E-state index in [9.17, 15) is 9.59 Å². The van der Waals surface area contributed by atoms with E-state index in [2.05, 4.69) is 29.2 Å². The Hall–Kier alpha value is -4.04. The fraction of sp³-hybridized carbons (Fsp3) is 0.286. The molecule has 5 aliphatic heterocycles. The average Bonchev–Trinajstić information content (AvgIpc) is 3.60. The normalized spacial score (nSPS) is 22.5. The maximum Gasteiger partial charge on any atom is 0.261 e. The highest BCUT2D eigenvalue weighted by Gasteiger charge is 2.43. The summed E-state index contributed by atoms with van der Waals surface area (Å²) in [7, 11) is 0. The third-order valence-corrected chi connectivity index (χ3v) is 8.07. The van der Waals surface area contributed by atoms with E-state index in [0.717, 1.165) is 35.8 Å². The lowest BCUT2D eigenvalue weighted by atomic mass is 9.76. The van der Waals surface area contributed by atoms with E-state index < -0.39 is 0 Å². The van der Waals surface area contributed by atoms with Crippen LogP contribution in [0.5, 0.6) is 23.0 Å². The molecule has 5 heterocycles. The molecule has 2 bridgehead atoms. The molecule has 0 fully saturated rings. The summed E-state index contributed by atoms with van der Waals surface area (Å²) in [6.07, 6.45) is 1.58. The lowest BCUT2D eigenvalue weighted by Gasteiger charge is -2.48. The Kier molecular flexibility index (Phi) is 4.06. The number of rotatable bonds is 3. The largest absolute Gasteiger partial charge is 0.454 e. The smallest absolute Gasteiger partial charge is 0.261 e. The van der Waals surface area contributed by atoms with Crippen LogP contribution in [0.3, 0.4) is 0 Å². The quantitative estimate of drug-likeness (QED) is 0.528. The standard InChI is InChI=1S/C28H22N2O6/c31-27-17-3-1-2-4-18(17)28(32)30(27)6-5-29-21-7-15-9-23-25(35-13-33-23)11-19(15)22(29)8-16-10-24-26(12-20(16)21)36-14-34-24/h1-4,9-12,21-22H,5-8,13-14H2. The van der Waals surface area contributed by atoms with Crippen LogP contribution in [0.1, 0.15) is 55.1 Å². The van der Waals surface area contributed by atoms with E-state index in [4.69, 9.17) is 18.9 Å². The summed E-state index contributed by atoms with van der Waals surface area (Å²) in [6.45, 7) is 1.37. The number of hydrogen-bond acceptors (Lipinski definition) is 7. The second kappa shape index (κ2) is 7.24. The van der Waals surface area contributed by atoms with Crippen LogP contribution in [0.25, 0.3) is 0 Å². The molecule has 8 nitrogen and oxygen atoms in total. The SMILES string of the molecule is O=C1c2ccccc2C(=O)N1CCN1C2Cc3cc4c(cc3C1Cc1cc3c(cc12)OCO3)OCO4. The first-order valence-corrected chi connectivity index (χ1v) is 12.2. The minimum Gasteiger partial charge on any atom is -0.454 e. The monoisotopic (exact) mass is 482 g/mol. The number of carbonyl (C=O) groups excluding carboxylic acids is 2. The third-order valence-electron chi connectivity index (χ3n) is 8.07. The fourth-order valence-electron chi connectivity index (χ4n) is 6.39. The van der Waals surface area contributed by atoms with Crippen molar-refractivity contribution < 1.29 is 28.5 Å². The highest BCUT2D eigenvalue weighted by Crippen LogP contribution is 2.52. The summed E-state index contributed by atoms with van der Waals surface area (Å²) < 4.78 is 22.7. The zero-order valence-electron chi connectivity index (χ0n) is 19.4. The van der Waals surface area contributed by atoms with Gasteiger partial charge in [0.15, 0.2) is 23.0 Å². The molecule has 0 radical (unpaired) electrons. The molecule has 8 heteroatoms. The molecule has 2 atom stereocenters. The molecular weight excluding hydrogens is 460 g/mol. The van der Waals surface area contributed by atoms with Crippen molar-refractivity contribution in [1.29, 1.82) is 0 Å². The van der Waals surface area contributed by atoms with E-state index >= 15 is 0 Å². The van der Waals surface area contributed by atoms with Crippen molar-refractivity contribution in [3.05, 3.63) is 81.9 Å². The molecule has 5 aliphatic rings. The molecule has 180 valence electrons. The van der Waals surface area contributed by atoms with Gasteiger partial charge in [0, 0.05) is 25.2 Å². The van der Waals surface area contributed by atoms with Gasteiger partial charge in [-0.15, -0.1) is 0 Å². The summed E-state index contributed by atoms with van der Waals surface area (Å²) in [5.41, 5.74) is 5.88. The van der Waals surface area contributed by atoms with Gasteiger partial charge in [0.25, 0.3) is 11.8 Å². The van der Waals surface area contributed by atoms with Crippen LogP contribution in [-0.2, 0) is 12.8 Å². The van der Waals surface area contributed by atoms with E-state index in [1.54, 1.807) is 24.3 Å². The zero-order chi connectivity index (χ0) is 24.0. The Bertz CT molecular complexity index is 1380. The van der Waals surface area contributed by atoms with Gasteiger partial charge in [0.1, 0.15) is 0 Å². The van der Waals surface area contributed by atoms with Gasteiger partial charge in [0.05, 0.1) is 11.1 Å². The summed E-state index contributed by atoms with van der Waals surface area (Å²) in [4.78, 5) is 29.8. The summed E-state index contributed by atoms with van der Waals surface area (Å²) in [6, 6.07) is 15.6. The maximum absolute atomic E-state index is 13.0. The van der Waals surface area contributed by atoms with Crippen molar-refractivity contribution >= 4 is 11.8 Å². The first-order chi connectivity index (χ1) is 17.7. The van der Waals surface area contributed by atoms with Gasteiger partial charge >= 0.3 is 0 Å². The van der Waals surface area contributed by atoms with Gasteiger partial charge in [-0.3, -0.25) is 19.4 Å². The van der Waals surface area contributed by atoms with Gasteiger partial charge < -0.3 is 18.9 Å². The Morgan fingerprint density at radius 2 is 1.14 bits per heavy atom. The lowest BCUT2D eigenvalue weighted by molar-refractivity contribution is 0.0555. The van der Waals surface area contributed by atoms with Crippen molar-refractivity contribution in [1.82, 2.24) is 9.80 Å². The van der Waals surface area contributed by atoms with Crippen molar-refractivity contribution in [2.24, 2.45) is 0 Å². The van der Waals surface area contributed by atoms with Crippen molar-refractivity contribution in [3.8, 4) is 23.0 Å². The minimum absolute atomic E-state index is 0.0799. The van der Waals surface area contributed by atoms with Crippen molar-refractivity contribution in [3.63, 3.8) is 0 Å². The molecule has 0 spiro atoms. The fourth-order valence-corrected chi connectivity index (χ4v) is 6.39. The second-order valence-electron chi connectivity index (χ2n) is 9.79. The van der Waals surface area contributed by atoms with Crippen molar-refractivity contribution in [2.75, 3.05) is 26.7 Å². The predicted octanol–water partition coefficient (Wildman–Crippen LogP) is 3.64. The number of benzene rings is 3. The number of carbonyl (C=O) groups is 2. The summed E-state index contributed by atoms with van der Waals surface area (Å²) in [5, 5.41) is 0. The molecule has 3 aromatic carbocycles. The van der Waals surface area contributed by atoms with E-state index in [-0.39, 0.29) is 37.5 Å². The molecule has 0 aliphatic carbocycles. The van der Waals surface area contributed by atoms with Gasteiger partial charge in [-0.25, -0.2) is 0 Å². The summed E-state index contributed by atoms with van der Waals surface area (Å²) >= 11 is 0. The summed E-state index contributed by atoms with van der Waals surface area (Å²) in [5.74, 6) is 2.68. The molecule has 0 aromatic heterocycles. The molecule has 2 unspecified atom stereocenters. The molecule has 2 amide bonds. The lowest BCUT2D eigenvalue weighted by Crippen LogP contribution is -2.47. The average molecular weight is 482 g/mol. The van der Waals surface area contributed by atoms with Crippen LogP contribution >= 0.6 is 0 Å². The van der Waals surface area contributed by atoms with Gasteiger partial charge in [0.2, 0.25) is 13.6 Å². The van der Waals surface area contributed by atoms with Crippen molar-refractivity contribution in [2.45, 2.75) is 24.9 Å². The molecule has 0 saturated heterocycles. The predicted molar refractivity (Wildman–Crippen MR) is 127 cm³/mol. The molecule has 36 heavy (non-hydrogen) atoms. The molecule has 8 rings (SSSR count). The van der Waals surface area contributed by atoms with Gasteiger partial charge in [-0.2, -0.15) is 0 Å². The van der Waals surface area contributed by atoms with Crippen LogP contribution in [0.4, 0.5) is 0 Å². The number of amides is 2. The van der Waals surface area contributed by atoms with E-state index in [1.807, 2.05) is 0 Å². The molecule has 3 aromatic rings. The van der Waals surface area contributed by atoms with Crippen LogP contribution in [0.15, 0.2) is 48.5 Å². The third kappa shape index (κ3) is 2.73. The van der Waals surface area contributed by atoms with Gasteiger partial charge in [-0.1, -0.05) is 12.1 Å². The molecule has 0 N–H and O–H groups in total.